The Morgan fingerprint density at radius 1 is 1.35 bits per heavy atom. The standard InChI is InChI=1S/C13H26BN3O3/c1-12(2,18)13(3,4)20-14(19)11-9-15-17(10-11)8-7-16(5)6/h9-10,18-19H,7-8H2,1-6H3. The quantitative estimate of drug-likeness (QED) is 0.672. The molecule has 0 radical (unpaired) electrons. The molecule has 0 saturated heterocycles. The van der Waals surface area contributed by atoms with Crippen molar-refractivity contribution in [3.8, 4) is 0 Å². The van der Waals surface area contributed by atoms with Gasteiger partial charge in [0.25, 0.3) is 0 Å². The van der Waals surface area contributed by atoms with E-state index in [0.717, 1.165) is 13.1 Å². The number of likely N-dealkylation sites (N-methyl/N-ethyl adjacent to an activating group) is 1. The molecule has 0 bridgehead atoms. The van der Waals surface area contributed by atoms with Crippen LogP contribution in [0.5, 0.6) is 0 Å². The van der Waals surface area contributed by atoms with Crippen LogP contribution in [0.15, 0.2) is 12.4 Å². The molecule has 1 rings (SSSR count). The van der Waals surface area contributed by atoms with Crippen molar-refractivity contribution < 1.29 is 14.8 Å². The second-order valence-electron chi connectivity index (χ2n) is 6.38. The number of aliphatic hydroxyl groups is 1. The Morgan fingerprint density at radius 3 is 2.45 bits per heavy atom. The van der Waals surface area contributed by atoms with Crippen LogP contribution in [0.1, 0.15) is 27.7 Å². The fourth-order valence-electron chi connectivity index (χ4n) is 1.42. The number of hydrogen-bond donors (Lipinski definition) is 2. The second-order valence-corrected chi connectivity index (χ2v) is 6.38. The summed E-state index contributed by atoms with van der Waals surface area (Å²) in [5, 5.41) is 24.3. The average molecular weight is 283 g/mol. The highest BCUT2D eigenvalue weighted by Gasteiger charge is 2.39. The van der Waals surface area contributed by atoms with Crippen LogP contribution in [-0.4, -0.2) is 63.8 Å². The summed E-state index contributed by atoms with van der Waals surface area (Å²) in [6.45, 7) is 8.40. The molecular weight excluding hydrogens is 257 g/mol. The lowest BCUT2D eigenvalue weighted by molar-refractivity contribution is -0.0982. The lowest BCUT2D eigenvalue weighted by Gasteiger charge is -2.38. The maximum Gasteiger partial charge on any atom is 0.494 e. The zero-order valence-corrected chi connectivity index (χ0v) is 13.3. The first-order valence-electron chi connectivity index (χ1n) is 6.78. The van der Waals surface area contributed by atoms with Crippen molar-refractivity contribution in [2.45, 2.75) is 45.4 Å². The first-order valence-corrected chi connectivity index (χ1v) is 6.78. The highest BCUT2D eigenvalue weighted by molar-refractivity contribution is 6.59. The molecule has 0 fully saturated rings. The molecule has 7 heteroatoms. The molecule has 6 nitrogen and oxygen atoms in total. The molecule has 0 aliphatic carbocycles. The summed E-state index contributed by atoms with van der Waals surface area (Å²) in [6.07, 6.45) is 3.34. The van der Waals surface area contributed by atoms with Crippen LogP contribution in [0.2, 0.25) is 0 Å². The van der Waals surface area contributed by atoms with E-state index in [0.29, 0.717) is 5.46 Å². The van der Waals surface area contributed by atoms with E-state index in [9.17, 15) is 10.1 Å². The zero-order valence-electron chi connectivity index (χ0n) is 13.3. The van der Waals surface area contributed by atoms with E-state index in [1.807, 2.05) is 14.1 Å². The number of nitrogens with zero attached hydrogens (tertiary/aromatic N) is 3. The van der Waals surface area contributed by atoms with Gasteiger partial charge in [0, 0.05) is 24.4 Å². The van der Waals surface area contributed by atoms with Crippen molar-refractivity contribution in [3.05, 3.63) is 12.4 Å². The van der Waals surface area contributed by atoms with Gasteiger partial charge in [-0.25, -0.2) is 0 Å². The average Bonchev–Trinajstić information content (AvgIpc) is 2.72. The van der Waals surface area contributed by atoms with E-state index < -0.39 is 18.3 Å². The topological polar surface area (TPSA) is 70.8 Å². The van der Waals surface area contributed by atoms with Gasteiger partial charge in [-0.05, 0) is 41.8 Å². The van der Waals surface area contributed by atoms with E-state index in [1.165, 1.54) is 0 Å². The van der Waals surface area contributed by atoms with Crippen LogP contribution in [0.3, 0.4) is 0 Å². The molecule has 0 aliphatic heterocycles. The Kier molecular flexibility index (Phi) is 5.37. The van der Waals surface area contributed by atoms with Gasteiger partial charge in [0.05, 0.1) is 17.7 Å². The normalized spacial score (nSPS) is 13.1. The molecule has 0 aromatic carbocycles. The number of hydrogen-bond acceptors (Lipinski definition) is 5. The fraction of sp³-hybridized carbons (Fsp3) is 0.769. The number of rotatable bonds is 7. The van der Waals surface area contributed by atoms with Gasteiger partial charge in [0.2, 0.25) is 0 Å². The maximum atomic E-state index is 10.1. The smallest absolute Gasteiger partial charge is 0.423 e. The van der Waals surface area contributed by atoms with Crippen molar-refractivity contribution in [1.82, 2.24) is 14.7 Å². The third-order valence-electron chi connectivity index (χ3n) is 3.59. The highest BCUT2D eigenvalue weighted by atomic mass is 16.5. The fourth-order valence-corrected chi connectivity index (χ4v) is 1.42. The molecule has 0 aliphatic rings. The molecule has 2 N–H and O–H groups in total. The van der Waals surface area contributed by atoms with Crippen molar-refractivity contribution in [2.75, 3.05) is 20.6 Å². The first kappa shape index (κ1) is 17.2. The first-order chi connectivity index (χ1) is 9.03. The Labute approximate surface area is 121 Å². The molecule has 0 saturated carbocycles. The summed E-state index contributed by atoms with van der Waals surface area (Å²) < 4.78 is 7.33. The minimum absolute atomic E-state index is 0.584. The molecule has 1 aromatic heterocycles. The van der Waals surface area contributed by atoms with Crippen molar-refractivity contribution in [2.24, 2.45) is 0 Å². The molecule has 20 heavy (non-hydrogen) atoms. The second kappa shape index (κ2) is 6.26. The summed E-state index contributed by atoms with van der Waals surface area (Å²) in [5.74, 6) is 0. The van der Waals surface area contributed by atoms with Gasteiger partial charge >= 0.3 is 7.12 Å². The van der Waals surface area contributed by atoms with Crippen LogP contribution in [-0.2, 0) is 11.2 Å². The van der Waals surface area contributed by atoms with Crippen LogP contribution in [0.25, 0.3) is 0 Å². The van der Waals surface area contributed by atoms with Gasteiger partial charge < -0.3 is 19.7 Å². The molecule has 0 atom stereocenters. The third kappa shape index (κ3) is 4.59. The summed E-state index contributed by atoms with van der Waals surface area (Å²) in [6, 6.07) is 0. The Morgan fingerprint density at radius 2 is 1.95 bits per heavy atom. The Balaban J connectivity index is 2.67. The predicted octanol–water partition coefficient (Wildman–Crippen LogP) is -0.302. The van der Waals surface area contributed by atoms with Gasteiger partial charge in [-0.15, -0.1) is 0 Å². The largest absolute Gasteiger partial charge is 0.494 e. The minimum Gasteiger partial charge on any atom is -0.423 e. The van der Waals surface area contributed by atoms with E-state index in [-0.39, 0.29) is 0 Å². The molecule has 0 spiro atoms. The van der Waals surface area contributed by atoms with Gasteiger partial charge in [-0.3, -0.25) is 4.68 Å². The van der Waals surface area contributed by atoms with Crippen LogP contribution in [0, 0.1) is 0 Å². The zero-order chi connectivity index (χ0) is 15.6. The molecule has 114 valence electrons. The van der Waals surface area contributed by atoms with Gasteiger partial charge in [0.15, 0.2) is 0 Å². The van der Waals surface area contributed by atoms with Gasteiger partial charge in [-0.2, -0.15) is 5.10 Å². The molecule has 1 aromatic rings. The van der Waals surface area contributed by atoms with E-state index in [1.54, 1.807) is 44.8 Å². The summed E-state index contributed by atoms with van der Waals surface area (Å²) >= 11 is 0. The van der Waals surface area contributed by atoms with E-state index in [4.69, 9.17) is 4.65 Å². The lowest BCUT2D eigenvalue weighted by atomic mass is 9.78. The monoisotopic (exact) mass is 283 g/mol. The molecule has 0 unspecified atom stereocenters. The van der Waals surface area contributed by atoms with Crippen molar-refractivity contribution >= 4 is 12.6 Å². The third-order valence-corrected chi connectivity index (χ3v) is 3.59. The van der Waals surface area contributed by atoms with Gasteiger partial charge in [0.1, 0.15) is 0 Å². The van der Waals surface area contributed by atoms with Crippen LogP contribution in [0.4, 0.5) is 0 Å². The van der Waals surface area contributed by atoms with E-state index >= 15 is 0 Å². The van der Waals surface area contributed by atoms with E-state index in [2.05, 4.69) is 10.00 Å². The van der Waals surface area contributed by atoms with Gasteiger partial charge in [-0.1, -0.05) is 0 Å². The highest BCUT2D eigenvalue weighted by Crippen LogP contribution is 2.25. The Hall–Kier alpha value is -0.885. The van der Waals surface area contributed by atoms with Crippen molar-refractivity contribution in [3.63, 3.8) is 0 Å². The van der Waals surface area contributed by atoms with Crippen LogP contribution < -0.4 is 5.46 Å². The maximum absolute atomic E-state index is 10.1. The predicted molar refractivity (Wildman–Crippen MR) is 79.8 cm³/mol. The summed E-state index contributed by atoms with van der Waals surface area (Å²) in [4.78, 5) is 2.06. The summed E-state index contributed by atoms with van der Waals surface area (Å²) in [7, 11) is 2.88. The Bertz CT molecular complexity index is 427. The molecule has 1 heterocycles. The lowest BCUT2D eigenvalue weighted by Crippen LogP contribution is -2.53. The SMILES string of the molecule is CN(C)CCn1cc(B(O)OC(C)(C)C(C)(C)O)cn1. The minimum atomic E-state index is -1.11. The molecular formula is C13H26BN3O3. The van der Waals surface area contributed by atoms with Crippen molar-refractivity contribution in [1.29, 1.82) is 0 Å². The summed E-state index contributed by atoms with van der Waals surface area (Å²) in [5.41, 5.74) is -1.35. The van der Waals surface area contributed by atoms with Crippen LogP contribution >= 0.6 is 0 Å². The molecule has 0 amide bonds. The number of aromatic nitrogens is 2.